The molecule has 0 aliphatic carbocycles. The van der Waals surface area contributed by atoms with Gasteiger partial charge in [-0.2, -0.15) is 0 Å². The Kier molecular flexibility index (Phi) is 4.50. The lowest BCUT2D eigenvalue weighted by atomic mass is 10.2. The van der Waals surface area contributed by atoms with Gasteiger partial charge in [-0.15, -0.1) is 0 Å². The molecule has 0 atom stereocenters. The number of hydrogen-bond donors (Lipinski definition) is 1. The van der Waals surface area contributed by atoms with Crippen molar-refractivity contribution in [3.8, 4) is 5.88 Å². The Labute approximate surface area is 117 Å². The summed E-state index contributed by atoms with van der Waals surface area (Å²) in [6.45, 7) is 2.07. The van der Waals surface area contributed by atoms with Crippen LogP contribution in [0.1, 0.15) is 21.6 Å². The normalized spacial score (nSPS) is 10.7. The quantitative estimate of drug-likeness (QED) is 0.905. The fourth-order valence-corrected chi connectivity index (χ4v) is 1.72. The molecule has 0 unspecified atom stereocenters. The first kappa shape index (κ1) is 13.8. The van der Waals surface area contributed by atoms with Crippen molar-refractivity contribution in [1.29, 1.82) is 0 Å². The van der Waals surface area contributed by atoms with Gasteiger partial charge < -0.3 is 9.84 Å². The van der Waals surface area contributed by atoms with E-state index in [1.807, 2.05) is 42.5 Å². The summed E-state index contributed by atoms with van der Waals surface area (Å²) >= 11 is 0. The summed E-state index contributed by atoms with van der Waals surface area (Å²) in [6.07, 6.45) is 3.80. The second-order valence-corrected chi connectivity index (χ2v) is 4.26. The smallest absolute Gasteiger partial charge is 0.335 e. The molecule has 0 radical (unpaired) electrons. The lowest BCUT2D eigenvalue weighted by Gasteiger charge is -2.04. The van der Waals surface area contributed by atoms with Crippen molar-refractivity contribution in [2.45, 2.75) is 6.92 Å². The Morgan fingerprint density at radius 1 is 1.30 bits per heavy atom. The van der Waals surface area contributed by atoms with Crippen molar-refractivity contribution in [3.63, 3.8) is 0 Å². The molecule has 0 saturated heterocycles. The number of carbonyl (C=O) groups is 1. The molecule has 20 heavy (non-hydrogen) atoms. The van der Waals surface area contributed by atoms with Crippen molar-refractivity contribution in [3.05, 3.63) is 65.4 Å². The van der Waals surface area contributed by atoms with Gasteiger partial charge in [0.15, 0.2) is 0 Å². The number of carboxylic acid groups (broad SMARTS) is 1. The van der Waals surface area contributed by atoms with Crippen LogP contribution in [-0.4, -0.2) is 22.7 Å². The Bertz CT molecular complexity index is 621. The maximum Gasteiger partial charge on any atom is 0.335 e. The molecule has 2 aromatic rings. The maximum absolute atomic E-state index is 10.9. The number of ether oxygens (including phenoxy) is 1. The molecular formula is C16H15NO3. The van der Waals surface area contributed by atoms with E-state index in [0.717, 1.165) is 5.56 Å². The lowest BCUT2D eigenvalue weighted by Crippen LogP contribution is -2.02. The summed E-state index contributed by atoms with van der Waals surface area (Å²) in [5.74, 6) is -0.666. The van der Waals surface area contributed by atoms with Gasteiger partial charge in [0.05, 0.1) is 5.56 Å². The van der Waals surface area contributed by atoms with E-state index in [2.05, 4.69) is 4.98 Å². The molecule has 102 valence electrons. The van der Waals surface area contributed by atoms with E-state index in [0.29, 0.717) is 18.2 Å². The Hall–Kier alpha value is -2.62. The standard InChI is InChI=1S/C16H15NO3/c1-12-10-14(16(18)19)11-15(17-12)20-9-5-8-13-6-3-2-4-7-13/h2-8,10-11H,9H2,1H3,(H,18,19)/b8-5+. The molecule has 1 aromatic carbocycles. The lowest BCUT2D eigenvalue weighted by molar-refractivity contribution is 0.0696. The Balaban J connectivity index is 1.97. The third kappa shape index (κ3) is 3.95. The fraction of sp³-hybridized carbons (Fsp3) is 0.125. The van der Waals surface area contributed by atoms with E-state index >= 15 is 0 Å². The van der Waals surface area contributed by atoms with Gasteiger partial charge in [-0.1, -0.05) is 36.4 Å². The van der Waals surface area contributed by atoms with Crippen molar-refractivity contribution in [2.24, 2.45) is 0 Å². The summed E-state index contributed by atoms with van der Waals surface area (Å²) in [4.78, 5) is 15.1. The van der Waals surface area contributed by atoms with Crippen LogP contribution in [0, 0.1) is 6.92 Å². The molecule has 0 bridgehead atoms. The third-order valence-electron chi connectivity index (χ3n) is 2.61. The number of carboxylic acids is 1. The first-order valence-corrected chi connectivity index (χ1v) is 6.21. The van der Waals surface area contributed by atoms with Crippen molar-refractivity contribution >= 4 is 12.0 Å². The summed E-state index contributed by atoms with van der Waals surface area (Å²) in [6, 6.07) is 12.8. The molecule has 0 amide bonds. The Morgan fingerprint density at radius 2 is 2.05 bits per heavy atom. The van der Waals surface area contributed by atoms with E-state index in [9.17, 15) is 4.79 Å². The number of hydrogen-bond acceptors (Lipinski definition) is 3. The molecule has 0 spiro atoms. The minimum Gasteiger partial charge on any atom is -0.478 e. The van der Waals surface area contributed by atoms with Gasteiger partial charge in [-0.25, -0.2) is 9.78 Å². The van der Waals surface area contributed by atoms with Gasteiger partial charge in [0, 0.05) is 11.8 Å². The van der Waals surface area contributed by atoms with Crippen LogP contribution in [0.3, 0.4) is 0 Å². The van der Waals surface area contributed by atoms with Crippen LogP contribution in [0.5, 0.6) is 5.88 Å². The average molecular weight is 269 g/mol. The highest BCUT2D eigenvalue weighted by Gasteiger charge is 2.06. The van der Waals surface area contributed by atoms with Crippen molar-refractivity contribution < 1.29 is 14.6 Å². The molecule has 1 aromatic heterocycles. The average Bonchev–Trinajstić information content (AvgIpc) is 2.44. The van der Waals surface area contributed by atoms with Crippen molar-refractivity contribution in [2.75, 3.05) is 6.61 Å². The molecule has 0 aliphatic heterocycles. The van der Waals surface area contributed by atoms with Gasteiger partial charge in [0.2, 0.25) is 5.88 Å². The highest BCUT2D eigenvalue weighted by atomic mass is 16.5. The zero-order chi connectivity index (χ0) is 14.4. The topological polar surface area (TPSA) is 59.4 Å². The van der Waals surface area contributed by atoms with Gasteiger partial charge in [-0.3, -0.25) is 0 Å². The molecule has 1 N–H and O–H groups in total. The first-order chi connectivity index (χ1) is 9.65. The molecule has 0 aliphatic rings. The van der Waals surface area contributed by atoms with Crippen molar-refractivity contribution in [1.82, 2.24) is 4.98 Å². The van der Waals surface area contributed by atoms with Crippen LogP contribution in [0.2, 0.25) is 0 Å². The number of benzene rings is 1. The van der Waals surface area contributed by atoms with Crippen LogP contribution >= 0.6 is 0 Å². The molecule has 0 fully saturated rings. The molecule has 2 rings (SSSR count). The number of rotatable bonds is 5. The predicted octanol–water partition coefficient (Wildman–Crippen LogP) is 3.18. The zero-order valence-electron chi connectivity index (χ0n) is 11.1. The number of pyridine rings is 1. The fourth-order valence-electron chi connectivity index (χ4n) is 1.72. The van der Waals surface area contributed by atoms with E-state index in [-0.39, 0.29) is 5.56 Å². The van der Waals surface area contributed by atoms with E-state index in [1.165, 1.54) is 12.1 Å². The van der Waals surface area contributed by atoms with E-state index < -0.39 is 5.97 Å². The third-order valence-corrected chi connectivity index (χ3v) is 2.61. The number of aromatic nitrogens is 1. The zero-order valence-corrected chi connectivity index (χ0v) is 11.1. The molecule has 1 heterocycles. The number of nitrogens with zero attached hydrogens (tertiary/aromatic N) is 1. The maximum atomic E-state index is 10.9. The van der Waals surface area contributed by atoms with Gasteiger partial charge in [0.1, 0.15) is 6.61 Å². The highest BCUT2D eigenvalue weighted by Crippen LogP contribution is 2.12. The van der Waals surface area contributed by atoms with Gasteiger partial charge in [-0.05, 0) is 24.6 Å². The minimum atomic E-state index is -0.986. The van der Waals surface area contributed by atoms with Gasteiger partial charge in [0.25, 0.3) is 0 Å². The first-order valence-electron chi connectivity index (χ1n) is 6.21. The van der Waals surface area contributed by atoms with Crippen LogP contribution < -0.4 is 4.74 Å². The largest absolute Gasteiger partial charge is 0.478 e. The molecule has 0 saturated carbocycles. The predicted molar refractivity (Wildman–Crippen MR) is 76.9 cm³/mol. The number of aromatic carboxylic acids is 1. The molecule has 4 nitrogen and oxygen atoms in total. The monoisotopic (exact) mass is 269 g/mol. The molecular weight excluding hydrogens is 254 g/mol. The van der Waals surface area contributed by atoms with Crippen LogP contribution in [0.25, 0.3) is 6.08 Å². The highest BCUT2D eigenvalue weighted by molar-refractivity contribution is 5.88. The van der Waals surface area contributed by atoms with Crippen LogP contribution in [0.15, 0.2) is 48.5 Å². The summed E-state index contributed by atoms with van der Waals surface area (Å²) in [5.41, 5.74) is 1.88. The van der Waals surface area contributed by atoms with E-state index in [4.69, 9.17) is 9.84 Å². The Morgan fingerprint density at radius 3 is 2.75 bits per heavy atom. The summed E-state index contributed by atoms with van der Waals surface area (Å²) < 4.78 is 5.44. The number of aryl methyl sites for hydroxylation is 1. The van der Waals surface area contributed by atoms with Crippen LogP contribution in [0.4, 0.5) is 0 Å². The SMILES string of the molecule is Cc1cc(C(=O)O)cc(OC/C=C/c2ccccc2)n1. The minimum absolute atomic E-state index is 0.180. The van der Waals surface area contributed by atoms with Crippen LogP contribution in [-0.2, 0) is 0 Å². The second-order valence-electron chi connectivity index (χ2n) is 4.26. The summed E-state index contributed by atoms with van der Waals surface area (Å²) in [7, 11) is 0. The molecule has 4 heteroatoms. The van der Waals surface area contributed by atoms with E-state index in [1.54, 1.807) is 6.92 Å². The summed E-state index contributed by atoms with van der Waals surface area (Å²) in [5, 5.41) is 8.96. The second kappa shape index (κ2) is 6.52. The van der Waals surface area contributed by atoms with Gasteiger partial charge >= 0.3 is 5.97 Å².